The maximum Gasteiger partial charge on any atom is 0.242 e. The standard InChI is InChI=1S/C27H37N3O5S/c1-21(27(32)28-23-12-7-8-13-23)29(20-22-11-9-16-25(19-22)35-2)26(31)17-10-18-30(36(3,33)34)24-14-5-4-6-15-24/h4-6,9,11,14-16,19,21,23H,7-8,10,12-13,17-18,20H2,1-3H3,(H,28,32)/t21-/m0/s1. The highest BCUT2D eigenvalue weighted by Gasteiger charge is 2.28. The Bertz CT molecular complexity index is 1120. The number of carbonyl (C=O) groups excluding carboxylic acids is 2. The zero-order valence-corrected chi connectivity index (χ0v) is 22.2. The Kier molecular flexibility index (Phi) is 9.75. The zero-order valence-electron chi connectivity index (χ0n) is 21.4. The van der Waals surface area contributed by atoms with Crippen molar-refractivity contribution in [2.75, 3.05) is 24.2 Å². The molecule has 0 radical (unpaired) electrons. The van der Waals surface area contributed by atoms with Gasteiger partial charge in [0.15, 0.2) is 0 Å². The Labute approximate surface area is 214 Å². The van der Waals surface area contributed by atoms with Crippen LogP contribution in [0, 0.1) is 0 Å². The van der Waals surface area contributed by atoms with Crippen molar-refractivity contribution in [3.05, 3.63) is 60.2 Å². The van der Waals surface area contributed by atoms with Crippen LogP contribution in [0.4, 0.5) is 5.69 Å². The number of carbonyl (C=O) groups is 2. The molecule has 1 saturated carbocycles. The lowest BCUT2D eigenvalue weighted by Crippen LogP contribution is -2.49. The lowest BCUT2D eigenvalue weighted by molar-refractivity contribution is -0.141. The highest BCUT2D eigenvalue weighted by atomic mass is 32.2. The minimum Gasteiger partial charge on any atom is -0.497 e. The molecule has 1 atom stereocenters. The fourth-order valence-corrected chi connectivity index (χ4v) is 5.51. The lowest BCUT2D eigenvalue weighted by atomic mass is 10.1. The summed E-state index contributed by atoms with van der Waals surface area (Å²) in [4.78, 5) is 28.0. The van der Waals surface area contributed by atoms with Crippen molar-refractivity contribution in [2.45, 2.75) is 64.1 Å². The van der Waals surface area contributed by atoms with Gasteiger partial charge in [0.2, 0.25) is 21.8 Å². The lowest BCUT2D eigenvalue weighted by Gasteiger charge is -2.30. The summed E-state index contributed by atoms with van der Waals surface area (Å²) in [6.45, 7) is 2.17. The topological polar surface area (TPSA) is 96.0 Å². The van der Waals surface area contributed by atoms with Crippen LogP contribution in [-0.2, 0) is 26.2 Å². The fourth-order valence-electron chi connectivity index (χ4n) is 4.54. The number of rotatable bonds is 12. The van der Waals surface area contributed by atoms with Gasteiger partial charge in [-0.15, -0.1) is 0 Å². The number of sulfonamides is 1. The van der Waals surface area contributed by atoms with Gasteiger partial charge in [-0.1, -0.05) is 43.2 Å². The molecule has 0 bridgehead atoms. The van der Waals surface area contributed by atoms with Gasteiger partial charge >= 0.3 is 0 Å². The predicted octanol–water partition coefficient (Wildman–Crippen LogP) is 3.72. The summed E-state index contributed by atoms with van der Waals surface area (Å²) in [5.41, 5.74) is 1.41. The zero-order chi connectivity index (χ0) is 26.1. The van der Waals surface area contributed by atoms with E-state index in [9.17, 15) is 18.0 Å². The summed E-state index contributed by atoms with van der Waals surface area (Å²) in [7, 11) is -1.92. The molecule has 3 rings (SSSR count). The Morgan fingerprint density at radius 1 is 1.08 bits per heavy atom. The Morgan fingerprint density at radius 2 is 1.78 bits per heavy atom. The third-order valence-electron chi connectivity index (χ3n) is 6.55. The van der Waals surface area contributed by atoms with Crippen LogP contribution in [0.5, 0.6) is 5.75 Å². The minimum atomic E-state index is -3.51. The third-order valence-corrected chi connectivity index (χ3v) is 7.75. The van der Waals surface area contributed by atoms with Crippen LogP contribution in [0.1, 0.15) is 51.0 Å². The fraction of sp³-hybridized carbons (Fsp3) is 0.481. The highest BCUT2D eigenvalue weighted by molar-refractivity contribution is 7.92. The number of anilines is 1. The first-order valence-electron chi connectivity index (χ1n) is 12.4. The number of methoxy groups -OCH3 is 1. The number of ether oxygens (including phenoxy) is 1. The van der Waals surface area contributed by atoms with Gasteiger partial charge in [0.1, 0.15) is 11.8 Å². The summed E-state index contributed by atoms with van der Waals surface area (Å²) in [6.07, 6.45) is 5.73. The molecule has 0 aliphatic heterocycles. The summed E-state index contributed by atoms with van der Waals surface area (Å²) in [5, 5.41) is 3.09. The number of hydrogen-bond donors (Lipinski definition) is 1. The van der Waals surface area contributed by atoms with E-state index in [1.54, 1.807) is 43.2 Å². The molecule has 196 valence electrons. The molecule has 36 heavy (non-hydrogen) atoms. The van der Waals surface area contributed by atoms with E-state index in [1.165, 1.54) is 4.31 Å². The number of hydrogen-bond acceptors (Lipinski definition) is 5. The summed E-state index contributed by atoms with van der Waals surface area (Å²) in [5.74, 6) is 0.309. The van der Waals surface area contributed by atoms with Crippen LogP contribution in [0.2, 0.25) is 0 Å². The van der Waals surface area contributed by atoms with Gasteiger partial charge in [0.25, 0.3) is 0 Å². The highest BCUT2D eigenvalue weighted by Crippen LogP contribution is 2.21. The molecule has 0 spiro atoms. The van der Waals surface area contributed by atoms with Crippen LogP contribution in [0.15, 0.2) is 54.6 Å². The second-order valence-corrected chi connectivity index (χ2v) is 11.2. The molecule has 0 heterocycles. The predicted molar refractivity (Wildman–Crippen MR) is 141 cm³/mol. The van der Waals surface area contributed by atoms with Crippen molar-refractivity contribution in [1.82, 2.24) is 10.2 Å². The van der Waals surface area contributed by atoms with Crippen molar-refractivity contribution in [3.8, 4) is 5.75 Å². The normalized spacial score (nSPS) is 14.8. The molecule has 0 saturated heterocycles. The van der Waals surface area contributed by atoms with E-state index in [1.807, 2.05) is 30.3 Å². The van der Waals surface area contributed by atoms with Gasteiger partial charge < -0.3 is 15.0 Å². The first-order valence-corrected chi connectivity index (χ1v) is 14.3. The molecule has 2 aromatic carbocycles. The van der Waals surface area contributed by atoms with Crippen molar-refractivity contribution >= 4 is 27.5 Å². The van der Waals surface area contributed by atoms with Gasteiger partial charge in [-0.2, -0.15) is 0 Å². The number of nitrogens with zero attached hydrogens (tertiary/aromatic N) is 2. The van der Waals surface area contributed by atoms with E-state index in [0.717, 1.165) is 37.5 Å². The first-order chi connectivity index (χ1) is 17.2. The molecule has 8 nitrogen and oxygen atoms in total. The summed E-state index contributed by atoms with van der Waals surface area (Å²) >= 11 is 0. The van der Waals surface area contributed by atoms with E-state index >= 15 is 0 Å². The van der Waals surface area contributed by atoms with Crippen LogP contribution in [-0.4, -0.2) is 57.1 Å². The number of amides is 2. The van der Waals surface area contributed by atoms with E-state index in [2.05, 4.69) is 5.32 Å². The Hall–Kier alpha value is -3.07. The van der Waals surface area contributed by atoms with E-state index in [4.69, 9.17) is 4.74 Å². The van der Waals surface area contributed by atoms with E-state index in [-0.39, 0.29) is 37.4 Å². The molecule has 1 aliphatic rings. The Morgan fingerprint density at radius 3 is 2.42 bits per heavy atom. The maximum atomic E-state index is 13.4. The number of benzene rings is 2. The first kappa shape index (κ1) is 27.5. The van der Waals surface area contributed by atoms with Crippen LogP contribution < -0.4 is 14.4 Å². The van der Waals surface area contributed by atoms with Gasteiger partial charge in [0.05, 0.1) is 19.1 Å². The summed E-state index contributed by atoms with van der Waals surface area (Å²) in [6, 6.07) is 15.8. The minimum absolute atomic E-state index is 0.115. The molecule has 2 aromatic rings. The van der Waals surface area contributed by atoms with Crippen LogP contribution in [0.25, 0.3) is 0 Å². The monoisotopic (exact) mass is 515 g/mol. The molecule has 9 heteroatoms. The SMILES string of the molecule is COc1cccc(CN(C(=O)CCCN(c2ccccc2)S(C)(=O)=O)[C@@H](C)C(=O)NC2CCCC2)c1. The Balaban J connectivity index is 1.72. The molecule has 1 N–H and O–H groups in total. The summed E-state index contributed by atoms with van der Waals surface area (Å²) < 4.78 is 31.4. The molecular formula is C27H37N3O5S. The van der Waals surface area contributed by atoms with Crippen molar-refractivity contribution in [2.24, 2.45) is 0 Å². The van der Waals surface area contributed by atoms with Crippen LogP contribution in [0.3, 0.4) is 0 Å². The smallest absolute Gasteiger partial charge is 0.242 e. The number of nitrogens with one attached hydrogen (secondary N) is 1. The van der Waals surface area contributed by atoms with Crippen molar-refractivity contribution < 1.29 is 22.7 Å². The van der Waals surface area contributed by atoms with Crippen LogP contribution >= 0.6 is 0 Å². The molecule has 1 fully saturated rings. The largest absolute Gasteiger partial charge is 0.497 e. The van der Waals surface area contributed by atoms with Gasteiger partial charge in [-0.25, -0.2) is 8.42 Å². The quantitative estimate of drug-likeness (QED) is 0.465. The molecule has 0 unspecified atom stereocenters. The second kappa shape index (κ2) is 12.8. The number of para-hydroxylation sites is 1. The third kappa shape index (κ3) is 7.71. The molecule has 0 aromatic heterocycles. The molecule has 1 aliphatic carbocycles. The van der Waals surface area contributed by atoms with Gasteiger partial charge in [-0.3, -0.25) is 13.9 Å². The average Bonchev–Trinajstić information content (AvgIpc) is 3.37. The average molecular weight is 516 g/mol. The maximum absolute atomic E-state index is 13.4. The van der Waals surface area contributed by atoms with E-state index < -0.39 is 16.1 Å². The van der Waals surface area contributed by atoms with E-state index in [0.29, 0.717) is 17.9 Å². The second-order valence-electron chi connectivity index (χ2n) is 9.31. The van der Waals surface area contributed by atoms with Crippen molar-refractivity contribution in [1.29, 1.82) is 0 Å². The van der Waals surface area contributed by atoms with Gasteiger partial charge in [-0.05, 0) is 56.0 Å². The van der Waals surface area contributed by atoms with Crippen molar-refractivity contribution in [3.63, 3.8) is 0 Å². The molecule has 2 amide bonds. The van der Waals surface area contributed by atoms with Gasteiger partial charge in [0, 0.05) is 25.6 Å². The molecular weight excluding hydrogens is 478 g/mol.